The molecule has 2 fully saturated rings. The average Bonchev–Trinajstić information content (AvgIpc) is 3.19. The number of benzene rings is 1. The summed E-state index contributed by atoms with van der Waals surface area (Å²) in [4.78, 5) is 32.1. The maximum absolute atomic E-state index is 13.6. The Kier molecular flexibility index (Phi) is 8.49. The van der Waals surface area contributed by atoms with Gasteiger partial charge in [0.25, 0.3) is 11.5 Å². The van der Waals surface area contributed by atoms with Crippen LogP contribution in [0.25, 0.3) is 10.9 Å². The number of rotatable bonds is 9. The van der Waals surface area contributed by atoms with Crippen molar-refractivity contribution in [3.05, 3.63) is 63.2 Å². The number of carbonyl (C=O) groups excluding carboxylic acids is 1. The Morgan fingerprint density at radius 3 is 2.62 bits per heavy atom. The van der Waals surface area contributed by atoms with Gasteiger partial charge in [-0.05, 0) is 64.5 Å². The number of thioether (sulfide) groups is 1. The number of aryl methyl sites for hydroxylation is 1. The summed E-state index contributed by atoms with van der Waals surface area (Å²) in [5.41, 5.74) is 3.37. The molecule has 210 valence electrons. The van der Waals surface area contributed by atoms with Gasteiger partial charge in [0.05, 0.1) is 17.2 Å². The van der Waals surface area contributed by atoms with Gasteiger partial charge in [-0.25, -0.2) is 4.39 Å². The minimum absolute atomic E-state index is 0.0374. The Balaban J connectivity index is 1.34. The molecule has 1 aliphatic heterocycles. The Labute approximate surface area is 233 Å². The van der Waals surface area contributed by atoms with Gasteiger partial charge in [0.15, 0.2) is 0 Å². The summed E-state index contributed by atoms with van der Waals surface area (Å²) in [5, 5.41) is 3.87. The van der Waals surface area contributed by atoms with Crippen molar-refractivity contribution in [2.75, 3.05) is 26.2 Å². The fourth-order valence-electron chi connectivity index (χ4n) is 6.58. The van der Waals surface area contributed by atoms with Gasteiger partial charge in [-0.15, -0.1) is 0 Å². The van der Waals surface area contributed by atoms with Crippen LogP contribution in [0.1, 0.15) is 66.0 Å². The molecule has 1 aromatic carbocycles. The predicted molar refractivity (Wildman–Crippen MR) is 154 cm³/mol. The standard InChI is InChI=1S/C30H39FN4O3S/c1-18-13-27(39-17-31)25(29(36)33-18)14-32-30(37)28-20(3)35(26-8-6-5-7-24(26)28)19(2)21-9-11-22(12-10-21)34-15-23(16-34)38-4/h5-8,13,19,21-23H,9-12,14-17H2,1-4H3,(H,32,37)(H,33,36)/t19-,21?,22?/m1/s1. The highest BCUT2D eigenvalue weighted by Crippen LogP contribution is 2.39. The van der Waals surface area contributed by atoms with Gasteiger partial charge in [0.2, 0.25) is 0 Å². The number of nitrogens with zero attached hydrogens (tertiary/aromatic N) is 2. The fourth-order valence-corrected chi connectivity index (χ4v) is 7.29. The van der Waals surface area contributed by atoms with Crippen LogP contribution in [0.2, 0.25) is 0 Å². The van der Waals surface area contributed by atoms with E-state index in [1.54, 1.807) is 20.1 Å². The van der Waals surface area contributed by atoms with Crippen molar-refractivity contribution < 1.29 is 13.9 Å². The number of carbonyl (C=O) groups is 1. The first-order valence-electron chi connectivity index (χ1n) is 13.9. The second-order valence-electron chi connectivity index (χ2n) is 11.0. The van der Waals surface area contributed by atoms with Gasteiger partial charge < -0.3 is 19.6 Å². The third-order valence-electron chi connectivity index (χ3n) is 8.81. The van der Waals surface area contributed by atoms with Crippen LogP contribution in [0.3, 0.4) is 0 Å². The van der Waals surface area contributed by atoms with Crippen molar-refractivity contribution in [3.8, 4) is 0 Å². The van der Waals surface area contributed by atoms with Crippen molar-refractivity contribution in [2.24, 2.45) is 5.92 Å². The van der Waals surface area contributed by atoms with E-state index in [-0.39, 0.29) is 24.1 Å². The zero-order valence-electron chi connectivity index (χ0n) is 23.3. The third kappa shape index (κ3) is 5.54. The highest BCUT2D eigenvalue weighted by molar-refractivity contribution is 7.99. The maximum Gasteiger partial charge on any atom is 0.254 e. The van der Waals surface area contributed by atoms with Crippen LogP contribution in [0.5, 0.6) is 0 Å². The van der Waals surface area contributed by atoms with Crippen LogP contribution in [0, 0.1) is 19.8 Å². The summed E-state index contributed by atoms with van der Waals surface area (Å²) in [7, 11) is 1.80. The number of pyridine rings is 1. The summed E-state index contributed by atoms with van der Waals surface area (Å²) in [6.45, 7) is 8.19. The van der Waals surface area contributed by atoms with Gasteiger partial charge in [-0.1, -0.05) is 30.0 Å². The second kappa shape index (κ2) is 11.9. The molecule has 5 rings (SSSR count). The largest absolute Gasteiger partial charge is 0.379 e. The van der Waals surface area contributed by atoms with Crippen LogP contribution in [-0.4, -0.2) is 58.7 Å². The van der Waals surface area contributed by atoms with Crippen molar-refractivity contribution in [3.63, 3.8) is 0 Å². The van der Waals surface area contributed by atoms with Gasteiger partial charge in [0, 0.05) is 66.0 Å². The van der Waals surface area contributed by atoms with Crippen LogP contribution < -0.4 is 10.9 Å². The molecule has 1 aliphatic carbocycles. The van der Waals surface area contributed by atoms with Gasteiger partial charge in [0.1, 0.15) is 6.01 Å². The summed E-state index contributed by atoms with van der Waals surface area (Å²) >= 11 is 0.964. The number of nitrogens with one attached hydrogen (secondary N) is 2. The minimum atomic E-state index is -0.637. The van der Waals surface area contributed by atoms with Crippen molar-refractivity contribution >= 4 is 28.6 Å². The summed E-state index contributed by atoms with van der Waals surface area (Å²) in [5.74, 6) is 0.317. The lowest BCUT2D eigenvalue weighted by molar-refractivity contribution is -0.0605. The average molecular weight is 555 g/mol. The van der Waals surface area contributed by atoms with E-state index in [0.717, 1.165) is 41.4 Å². The maximum atomic E-state index is 13.6. The molecule has 1 saturated heterocycles. The number of para-hydroxylation sites is 1. The zero-order valence-corrected chi connectivity index (χ0v) is 24.1. The van der Waals surface area contributed by atoms with Gasteiger partial charge >= 0.3 is 0 Å². The third-order valence-corrected chi connectivity index (χ3v) is 9.59. The number of ether oxygens (including phenoxy) is 1. The number of methoxy groups -OCH3 is 1. The highest BCUT2D eigenvalue weighted by Gasteiger charge is 2.36. The number of aromatic amines is 1. The van der Waals surface area contributed by atoms with Crippen molar-refractivity contribution in [1.82, 2.24) is 19.8 Å². The summed E-state index contributed by atoms with van der Waals surface area (Å²) in [6.07, 6.45) is 5.11. The van der Waals surface area contributed by atoms with Crippen LogP contribution in [0.4, 0.5) is 4.39 Å². The smallest absolute Gasteiger partial charge is 0.254 e. The molecular weight excluding hydrogens is 515 g/mol. The van der Waals surface area contributed by atoms with E-state index in [9.17, 15) is 14.0 Å². The first kappa shape index (κ1) is 27.9. The molecule has 1 saturated carbocycles. The molecular formula is C30H39FN4O3S. The second-order valence-corrected chi connectivity index (χ2v) is 12.0. The Morgan fingerprint density at radius 1 is 1.21 bits per heavy atom. The number of hydrogen-bond donors (Lipinski definition) is 2. The molecule has 2 aliphatic rings. The zero-order chi connectivity index (χ0) is 27.7. The first-order valence-corrected chi connectivity index (χ1v) is 14.9. The van der Waals surface area contributed by atoms with E-state index in [4.69, 9.17) is 4.74 Å². The number of hydrogen-bond acceptors (Lipinski definition) is 5. The number of fused-ring (bicyclic) bond motifs is 1. The monoisotopic (exact) mass is 554 g/mol. The number of halogens is 1. The summed E-state index contributed by atoms with van der Waals surface area (Å²) < 4.78 is 20.9. The van der Waals surface area contributed by atoms with Gasteiger partial charge in [-0.3, -0.25) is 14.5 Å². The topological polar surface area (TPSA) is 79.4 Å². The molecule has 0 radical (unpaired) electrons. The van der Waals surface area contributed by atoms with E-state index in [2.05, 4.69) is 32.8 Å². The molecule has 0 unspecified atom stereocenters. The Morgan fingerprint density at radius 2 is 1.92 bits per heavy atom. The molecule has 3 heterocycles. The molecule has 1 atom stereocenters. The number of H-pyrrole nitrogens is 1. The normalized spacial score (nSPS) is 21.2. The lowest BCUT2D eigenvalue weighted by Crippen LogP contribution is -2.56. The molecule has 1 amide bonds. The number of aromatic nitrogens is 2. The van der Waals surface area contributed by atoms with E-state index in [1.165, 1.54) is 25.7 Å². The van der Waals surface area contributed by atoms with Gasteiger partial charge in [-0.2, -0.15) is 0 Å². The van der Waals surface area contributed by atoms with Crippen LogP contribution >= 0.6 is 11.8 Å². The van der Waals surface area contributed by atoms with E-state index < -0.39 is 6.01 Å². The predicted octanol–water partition coefficient (Wildman–Crippen LogP) is 5.35. The van der Waals surface area contributed by atoms with Crippen LogP contribution in [-0.2, 0) is 11.3 Å². The number of alkyl halides is 1. The highest BCUT2D eigenvalue weighted by atomic mass is 32.2. The molecule has 3 aromatic rings. The first-order chi connectivity index (χ1) is 18.8. The lowest BCUT2D eigenvalue weighted by atomic mass is 9.80. The van der Waals surface area contributed by atoms with E-state index >= 15 is 0 Å². The van der Waals surface area contributed by atoms with E-state index in [1.807, 2.05) is 25.1 Å². The molecule has 39 heavy (non-hydrogen) atoms. The number of amides is 1. The van der Waals surface area contributed by atoms with E-state index in [0.29, 0.717) is 39.8 Å². The number of likely N-dealkylation sites (tertiary alicyclic amines) is 1. The minimum Gasteiger partial charge on any atom is -0.379 e. The summed E-state index contributed by atoms with van der Waals surface area (Å²) in [6, 6.07) is 10.1. The molecule has 9 heteroatoms. The molecule has 2 aromatic heterocycles. The molecule has 2 N–H and O–H groups in total. The Hall–Kier alpha value is -2.62. The van der Waals surface area contributed by atoms with Crippen molar-refractivity contribution in [2.45, 2.75) is 76.1 Å². The molecule has 7 nitrogen and oxygen atoms in total. The molecule has 0 spiro atoms. The van der Waals surface area contributed by atoms with Crippen LogP contribution in [0.15, 0.2) is 40.0 Å². The SMILES string of the molecule is COC1CN(C2CCC([C@@H](C)n3c(C)c(C(=O)NCc4c(SCF)cc(C)[nH]c4=O)c4ccccc43)CC2)C1. The Bertz CT molecular complexity index is 1390. The lowest BCUT2D eigenvalue weighted by Gasteiger charge is -2.46. The molecule has 0 bridgehead atoms. The fraction of sp³-hybridized carbons (Fsp3) is 0.533. The quantitative estimate of drug-likeness (QED) is 0.349. The van der Waals surface area contributed by atoms with Crippen molar-refractivity contribution in [1.29, 1.82) is 0 Å².